The van der Waals surface area contributed by atoms with Crippen molar-refractivity contribution in [1.29, 1.82) is 0 Å². The van der Waals surface area contributed by atoms with Gasteiger partial charge in [0, 0.05) is 5.41 Å². The van der Waals surface area contributed by atoms with E-state index in [1.165, 1.54) is 19.3 Å². The number of carbonyl (C=O) groups is 1. The predicted molar refractivity (Wildman–Crippen MR) is 88.9 cm³/mol. The fraction of sp³-hybridized carbons (Fsp3) is 0.850. The Hall–Kier alpha value is -0.990. The number of aliphatic hydroxyl groups is 1. The molecule has 0 aromatic carbocycles. The monoisotopic (exact) mass is 318 g/mol. The average Bonchev–Trinajstić information content (AvgIpc) is 2.86. The Balaban J connectivity index is 1.69. The molecule has 4 aliphatic rings. The summed E-state index contributed by atoms with van der Waals surface area (Å²) in [4.78, 5) is 11.7. The maximum absolute atomic E-state index is 11.7. The van der Waals surface area contributed by atoms with Crippen molar-refractivity contribution in [3.05, 3.63) is 11.8 Å². The van der Waals surface area contributed by atoms with Crippen molar-refractivity contribution in [3.63, 3.8) is 0 Å². The van der Waals surface area contributed by atoms with Crippen LogP contribution in [0.25, 0.3) is 0 Å². The molecule has 128 valence electrons. The number of hydrogen-bond donors (Lipinski definition) is 2. The highest BCUT2D eigenvalue weighted by Crippen LogP contribution is 2.67. The Kier molecular flexibility index (Phi) is 3.38. The molecule has 3 nitrogen and oxygen atoms in total. The van der Waals surface area contributed by atoms with Crippen LogP contribution in [-0.4, -0.2) is 16.2 Å². The molecule has 0 amide bonds. The van der Waals surface area contributed by atoms with Crippen LogP contribution in [0.1, 0.15) is 65.2 Å². The van der Waals surface area contributed by atoms with Crippen LogP contribution in [0, 0.1) is 40.4 Å². The predicted octanol–water partition coefficient (Wildman–Crippen LogP) is 4.78. The lowest BCUT2D eigenvalue weighted by molar-refractivity contribution is -0.151. The lowest BCUT2D eigenvalue weighted by Crippen LogP contribution is -2.53. The van der Waals surface area contributed by atoms with E-state index in [4.69, 9.17) is 0 Å². The molecule has 0 radical (unpaired) electrons. The number of aliphatic carboxylic acids is 1. The summed E-state index contributed by atoms with van der Waals surface area (Å²) in [5.41, 5.74) is -0.0754. The van der Waals surface area contributed by atoms with E-state index in [2.05, 4.69) is 19.9 Å². The average molecular weight is 318 g/mol. The summed E-state index contributed by atoms with van der Waals surface area (Å²) >= 11 is 0. The molecular formula is C20H30O3. The molecule has 2 unspecified atom stereocenters. The van der Waals surface area contributed by atoms with Gasteiger partial charge in [0.2, 0.25) is 0 Å². The van der Waals surface area contributed by atoms with Gasteiger partial charge in [-0.25, -0.2) is 0 Å². The van der Waals surface area contributed by atoms with E-state index in [0.29, 0.717) is 29.4 Å². The molecule has 23 heavy (non-hydrogen) atoms. The van der Waals surface area contributed by atoms with Gasteiger partial charge in [-0.15, -0.1) is 0 Å². The van der Waals surface area contributed by atoms with Crippen molar-refractivity contribution >= 4 is 5.97 Å². The first-order chi connectivity index (χ1) is 10.9. The molecule has 0 aromatic rings. The SMILES string of the molecule is C[C@]12C(O)=CCCC1CC[C@@H]1[C@H]2CC[C@]2(C)C(C(=O)O)CC[C@@H]12. The summed E-state index contributed by atoms with van der Waals surface area (Å²) in [5.74, 6) is 2.20. The summed E-state index contributed by atoms with van der Waals surface area (Å²) in [6.45, 7) is 4.54. The fourth-order valence-electron chi connectivity index (χ4n) is 7.32. The van der Waals surface area contributed by atoms with Gasteiger partial charge in [0.1, 0.15) is 0 Å². The first kappa shape index (κ1) is 15.5. The molecule has 3 fully saturated rings. The van der Waals surface area contributed by atoms with E-state index in [-0.39, 0.29) is 16.7 Å². The van der Waals surface area contributed by atoms with Crippen LogP contribution in [0.2, 0.25) is 0 Å². The third-order valence-electron chi connectivity index (χ3n) is 8.61. The fourth-order valence-corrected chi connectivity index (χ4v) is 7.32. The number of hydrogen-bond acceptors (Lipinski definition) is 2. The van der Waals surface area contributed by atoms with E-state index in [9.17, 15) is 15.0 Å². The van der Waals surface area contributed by atoms with Gasteiger partial charge in [0.05, 0.1) is 11.7 Å². The summed E-state index contributed by atoms with van der Waals surface area (Å²) in [6, 6.07) is 0. The second-order valence-electron chi connectivity index (χ2n) is 9.11. The minimum atomic E-state index is -0.589. The van der Waals surface area contributed by atoms with Crippen LogP contribution in [0.4, 0.5) is 0 Å². The molecule has 3 saturated carbocycles. The zero-order chi connectivity index (χ0) is 16.4. The number of rotatable bonds is 1. The molecule has 0 saturated heterocycles. The van der Waals surface area contributed by atoms with Crippen LogP contribution >= 0.6 is 0 Å². The topological polar surface area (TPSA) is 57.5 Å². The van der Waals surface area contributed by atoms with Crippen LogP contribution < -0.4 is 0 Å². The second-order valence-corrected chi connectivity index (χ2v) is 9.11. The first-order valence-electron chi connectivity index (χ1n) is 9.51. The highest BCUT2D eigenvalue weighted by atomic mass is 16.4. The molecule has 2 N–H and O–H groups in total. The standard InChI is InChI=1S/C20H30O3/c1-19-11-10-15-13(14(19)8-9-16(19)18(22)23)7-6-12-4-3-5-17(21)20(12,15)2/h5,12-16,21H,3-4,6-11H2,1-2H3,(H,22,23)/t12?,13-,14-,15+,16?,19-,20-/m0/s1. The smallest absolute Gasteiger partial charge is 0.307 e. The molecule has 7 atom stereocenters. The van der Waals surface area contributed by atoms with Crippen molar-refractivity contribution in [3.8, 4) is 0 Å². The maximum Gasteiger partial charge on any atom is 0.307 e. The van der Waals surface area contributed by atoms with Crippen molar-refractivity contribution in [2.45, 2.75) is 65.2 Å². The summed E-state index contributed by atoms with van der Waals surface area (Å²) in [6.07, 6.45) is 10.8. The normalized spacial score (nSPS) is 52.1. The highest BCUT2D eigenvalue weighted by molar-refractivity contribution is 5.71. The minimum absolute atomic E-state index is 0.0236. The molecule has 3 heteroatoms. The number of allylic oxidation sites excluding steroid dienone is 2. The quantitative estimate of drug-likeness (QED) is 0.731. The van der Waals surface area contributed by atoms with Crippen molar-refractivity contribution < 1.29 is 15.0 Å². The number of aliphatic hydroxyl groups excluding tert-OH is 1. The van der Waals surface area contributed by atoms with E-state index >= 15 is 0 Å². The van der Waals surface area contributed by atoms with Gasteiger partial charge in [-0.2, -0.15) is 0 Å². The second kappa shape index (κ2) is 5.00. The molecule has 0 heterocycles. The maximum atomic E-state index is 11.7. The largest absolute Gasteiger partial charge is 0.512 e. The van der Waals surface area contributed by atoms with Gasteiger partial charge in [-0.1, -0.05) is 13.8 Å². The van der Waals surface area contributed by atoms with Crippen molar-refractivity contribution in [2.75, 3.05) is 0 Å². The third kappa shape index (κ3) is 1.91. The Bertz CT molecular complexity index is 553. The summed E-state index contributed by atoms with van der Waals surface area (Å²) in [7, 11) is 0. The molecule has 4 aliphatic carbocycles. The molecule has 0 spiro atoms. The van der Waals surface area contributed by atoms with E-state index in [1.54, 1.807) is 0 Å². The molecule has 4 rings (SSSR count). The molecular weight excluding hydrogens is 288 g/mol. The molecule has 0 aromatic heterocycles. The number of fused-ring (bicyclic) bond motifs is 5. The first-order valence-corrected chi connectivity index (χ1v) is 9.51. The van der Waals surface area contributed by atoms with Crippen LogP contribution in [0.5, 0.6) is 0 Å². The van der Waals surface area contributed by atoms with Gasteiger partial charge >= 0.3 is 5.97 Å². The van der Waals surface area contributed by atoms with E-state index in [0.717, 1.165) is 32.1 Å². The summed E-state index contributed by atoms with van der Waals surface area (Å²) < 4.78 is 0. The Morgan fingerprint density at radius 1 is 1.09 bits per heavy atom. The Morgan fingerprint density at radius 3 is 2.61 bits per heavy atom. The van der Waals surface area contributed by atoms with E-state index in [1.807, 2.05) is 0 Å². The minimum Gasteiger partial charge on any atom is -0.512 e. The zero-order valence-corrected chi connectivity index (χ0v) is 14.4. The highest BCUT2D eigenvalue weighted by Gasteiger charge is 2.62. The van der Waals surface area contributed by atoms with Gasteiger partial charge in [0.25, 0.3) is 0 Å². The molecule has 0 bridgehead atoms. The zero-order valence-electron chi connectivity index (χ0n) is 14.4. The summed E-state index contributed by atoms with van der Waals surface area (Å²) in [5, 5.41) is 20.4. The number of carboxylic acids is 1. The number of carboxylic acid groups (broad SMARTS) is 1. The van der Waals surface area contributed by atoms with Crippen LogP contribution in [-0.2, 0) is 4.79 Å². The molecule has 0 aliphatic heterocycles. The lowest BCUT2D eigenvalue weighted by Gasteiger charge is -2.59. The third-order valence-corrected chi connectivity index (χ3v) is 8.61. The lowest BCUT2D eigenvalue weighted by atomic mass is 9.45. The van der Waals surface area contributed by atoms with E-state index < -0.39 is 5.97 Å². The van der Waals surface area contributed by atoms with Gasteiger partial charge in [0.15, 0.2) is 0 Å². The van der Waals surface area contributed by atoms with Crippen molar-refractivity contribution in [2.24, 2.45) is 40.4 Å². The Labute approximate surface area is 139 Å². The van der Waals surface area contributed by atoms with Crippen LogP contribution in [0.15, 0.2) is 11.8 Å². The van der Waals surface area contributed by atoms with Gasteiger partial charge in [-0.05, 0) is 86.5 Å². The Morgan fingerprint density at radius 2 is 1.87 bits per heavy atom. The van der Waals surface area contributed by atoms with Gasteiger partial charge < -0.3 is 10.2 Å². The van der Waals surface area contributed by atoms with Gasteiger partial charge in [-0.3, -0.25) is 4.79 Å². The van der Waals surface area contributed by atoms with Crippen LogP contribution in [0.3, 0.4) is 0 Å². The van der Waals surface area contributed by atoms with Crippen molar-refractivity contribution in [1.82, 2.24) is 0 Å².